The van der Waals surface area contributed by atoms with E-state index in [1.165, 1.54) is 0 Å². The number of hydrogen-bond donors (Lipinski definition) is 3. The molecule has 0 amide bonds. The van der Waals surface area contributed by atoms with E-state index in [1.54, 1.807) is 23.3 Å². The zero-order valence-electron chi connectivity index (χ0n) is 8.67. The number of nitrogen functional groups attached to an aromatic ring is 1. The Kier molecular flexibility index (Phi) is 3.02. The van der Waals surface area contributed by atoms with Crippen LogP contribution in [0.2, 0.25) is 0 Å². The van der Waals surface area contributed by atoms with Crippen LogP contribution in [0, 0.1) is 0 Å². The summed E-state index contributed by atoms with van der Waals surface area (Å²) in [5.41, 5.74) is 7.07. The second-order valence-corrected chi connectivity index (χ2v) is 3.27. The minimum atomic E-state index is 0.0701. The fraction of sp³-hybridized carbons (Fsp3) is 0.200. The predicted molar refractivity (Wildman–Crippen MR) is 61.3 cm³/mol. The van der Waals surface area contributed by atoms with Crippen LogP contribution in [0.25, 0.3) is 5.69 Å². The van der Waals surface area contributed by atoms with Crippen molar-refractivity contribution in [2.24, 2.45) is 0 Å². The van der Waals surface area contributed by atoms with Gasteiger partial charge in [0.25, 0.3) is 0 Å². The molecule has 0 unspecified atom stereocenters. The molecule has 2 heterocycles. The Morgan fingerprint density at radius 3 is 3.06 bits per heavy atom. The monoisotopic (exact) mass is 219 g/mol. The molecule has 2 aromatic rings. The first kappa shape index (κ1) is 10.4. The summed E-state index contributed by atoms with van der Waals surface area (Å²) in [6, 6.07) is 3.67. The van der Waals surface area contributed by atoms with Crippen molar-refractivity contribution in [3.05, 3.63) is 30.7 Å². The topological polar surface area (TPSA) is 89.0 Å². The van der Waals surface area contributed by atoms with E-state index >= 15 is 0 Å². The number of nitrogens with zero attached hydrogens (tertiary/aromatic N) is 3. The number of pyridine rings is 1. The fourth-order valence-electron chi connectivity index (χ4n) is 1.32. The first-order valence-corrected chi connectivity index (χ1v) is 4.91. The van der Waals surface area contributed by atoms with Crippen molar-refractivity contribution < 1.29 is 5.11 Å². The number of anilines is 2. The average molecular weight is 219 g/mol. The minimum absolute atomic E-state index is 0.0701. The quantitative estimate of drug-likeness (QED) is 0.686. The Morgan fingerprint density at radius 1 is 1.50 bits per heavy atom. The van der Waals surface area contributed by atoms with E-state index in [0.717, 1.165) is 5.69 Å². The van der Waals surface area contributed by atoms with Gasteiger partial charge in [0.05, 0.1) is 30.4 Å². The summed E-state index contributed by atoms with van der Waals surface area (Å²) in [4.78, 5) is 4.11. The van der Waals surface area contributed by atoms with Crippen LogP contribution in [0.15, 0.2) is 30.7 Å². The van der Waals surface area contributed by atoms with E-state index in [4.69, 9.17) is 10.8 Å². The highest BCUT2D eigenvalue weighted by molar-refractivity contribution is 5.46. The van der Waals surface area contributed by atoms with Crippen molar-refractivity contribution in [2.45, 2.75) is 0 Å². The molecule has 0 saturated carbocycles. The normalized spacial score (nSPS) is 10.3. The van der Waals surface area contributed by atoms with E-state index in [0.29, 0.717) is 18.1 Å². The van der Waals surface area contributed by atoms with Gasteiger partial charge in [-0.1, -0.05) is 0 Å². The second kappa shape index (κ2) is 4.63. The molecule has 0 saturated heterocycles. The van der Waals surface area contributed by atoms with Crippen molar-refractivity contribution >= 4 is 11.5 Å². The maximum atomic E-state index is 8.69. The van der Waals surface area contributed by atoms with Crippen molar-refractivity contribution in [3.63, 3.8) is 0 Å². The van der Waals surface area contributed by atoms with Gasteiger partial charge in [0.1, 0.15) is 5.82 Å². The van der Waals surface area contributed by atoms with Crippen LogP contribution in [0.4, 0.5) is 11.5 Å². The van der Waals surface area contributed by atoms with Gasteiger partial charge in [-0.2, -0.15) is 5.10 Å². The maximum Gasteiger partial charge on any atom is 0.128 e. The maximum absolute atomic E-state index is 8.69. The number of nitrogens with two attached hydrogens (primary N) is 1. The standard InChI is InChI=1S/C10H13N5O/c11-8-6-14-15(7-8)9-1-2-12-10(5-9)13-3-4-16/h1-2,5-7,16H,3-4,11H2,(H,12,13). The summed E-state index contributed by atoms with van der Waals surface area (Å²) < 4.78 is 1.67. The van der Waals surface area contributed by atoms with E-state index in [1.807, 2.05) is 12.1 Å². The van der Waals surface area contributed by atoms with Crippen LogP contribution in [-0.2, 0) is 0 Å². The van der Waals surface area contributed by atoms with Crippen molar-refractivity contribution in [3.8, 4) is 5.69 Å². The van der Waals surface area contributed by atoms with Crippen LogP contribution in [0.1, 0.15) is 0 Å². The number of nitrogens with one attached hydrogen (secondary N) is 1. The summed E-state index contributed by atoms with van der Waals surface area (Å²) in [5.74, 6) is 0.695. The van der Waals surface area contributed by atoms with Crippen LogP contribution in [0.5, 0.6) is 0 Å². The number of aliphatic hydroxyl groups excluding tert-OH is 1. The van der Waals surface area contributed by atoms with E-state index in [-0.39, 0.29) is 6.61 Å². The van der Waals surface area contributed by atoms with Gasteiger partial charge in [-0.25, -0.2) is 9.67 Å². The predicted octanol–water partition coefficient (Wildman–Crippen LogP) is 0.254. The molecular weight excluding hydrogens is 206 g/mol. The molecule has 16 heavy (non-hydrogen) atoms. The molecule has 2 aromatic heterocycles. The fourth-order valence-corrected chi connectivity index (χ4v) is 1.32. The minimum Gasteiger partial charge on any atom is -0.396 e. The van der Waals surface area contributed by atoms with Gasteiger partial charge in [-0.3, -0.25) is 0 Å². The third kappa shape index (κ3) is 2.29. The van der Waals surface area contributed by atoms with Crippen LogP contribution in [-0.4, -0.2) is 33.0 Å². The lowest BCUT2D eigenvalue weighted by Crippen LogP contribution is -2.07. The average Bonchev–Trinajstić information content (AvgIpc) is 2.74. The summed E-state index contributed by atoms with van der Waals surface area (Å²) in [5, 5.41) is 15.8. The van der Waals surface area contributed by atoms with Crippen molar-refractivity contribution in [2.75, 3.05) is 24.2 Å². The Labute approximate surface area is 92.7 Å². The first-order valence-electron chi connectivity index (χ1n) is 4.91. The summed E-state index contributed by atoms with van der Waals surface area (Å²) in [6.45, 7) is 0.540. The number of hydrogen-bond acceptors (Lipinski definition) is 5. The van der Waals surface area contributed by atoms with Gasteiger partial charge < -0.3 is 16.2 Å². The van der Waals surface area contributed by atoms with E-state index in [9.17, 15) is 0 Å². The molecule has 2 rings (SSSR count). The summed E-state index contributed by atoms with van der Waals surface area (Å²) in [6.07, 6.45) is 4.99. The smallest absolute Gasteiger partial charge is 0.128 e. The molecule has 0 atom stereocenters. The molecule has 4 N–H and O–H groups in total. The molecule has 0 bridgehead atoms. The number of aromatic nitrogens is 3. The Hall–Kier alpha value is -2.08. The summed E-state index contributed by atoms with van der Waals surface area (Å²) in [7, 11) is 0. The zero-order chi connectivity index (χ0) is 11.4. The molecule has 0 aliphatic rings. The SMILES string of the molecule is Nc1cnn(-c2ccnc(NCCO)c2)c1. The highest BCUT2D eigenvalue weighted by Crippen LogP contribution is 2.12. The van der Waals surface area contributed by atoms with Gasteiger partial charge in [0.15, 0.2) is 0 Å². The largest absolute Gasteiger partial charge is 0.396 e. The zero-order valence-corrected chi connectivity index (χ0v) is 8.67. The van der Waals surface area contributed by atoms with Gasteiger partial charge >= 0.3 is 0 Å². The Morgan fingerprint density at radius 2 is 2.38 bits per heavy atom. The molecule has 0 aliphatic heterocycles. The number of rotatable bonds is 4. The second-order valence-electron chi connectivity index (χ2n) is 3.27. The van der Waals surface area contributed by atoms with Crippen LogP contribution < -0.4 is 11.1 Å². The lowest BCUT2D eigenvalue weighted by Gasteiger charge is -2.05. The Bertz CT molecular complexity index is 468. The van der Waals surface area contributed by atoms with Crippen molar-refractivity contribution in [1.82, 2.24) is 14.8 Å². The van der Waals surface area contributed by atoms with Crippen LogP contribution >= 0.6 is 0 Å². The molecule has 6 heteroatoms. The van der Waals surface area contributed by atoms with Gasteiger partial charge in [0, 0.05) is 18.8 Å². The highest BCUT2D eigenvalue weighted by Gasteiger charge is 2.00. The van der Waals surface area contributed by atoms with Crippen LogP contribution in [0.3, 0.4) is 0 Å². The molecule has 0 spiro atoms. The molecular formula is C10H13N5O. The molecule has 0 radical (unpaired) electrons. The number of aliphatic hydroxyl groups is 1. The summed E-state index contributed by atoms with van der Waals surface area (Å²) >= 11 is 0. The molecule has 84 valence electrons. The van der Waals surface area contributed by atoms with Gasteiger partial charge in [-0.15, -0.1) is 0 Å². The van der Waals surface area contributed by atoms with E-state index in [2.05, 4.69) is 15.4 Å². The first-order chi connectivity index (χ1) is 7.79. The third-order valence-electron chi connectivity index (χ3n) is 2.03. The molecule has 0 fully saturated rings. The van der Waals surface area contributed by atoms with Gasteiger partial charge in [-0.05, 0) is 6.07 Å². The van der Waals surface area contributed by atoms with Crippen molar-refractivity contribution in [1.29, 1.82) is 0 Å². The lowest BCUT2D eigenvalue weighted by molar-refractivity contribution is 0.311. The Balaban J connectivity index is 2.22. The van der Waals surface area contributed by atoms with E-state index < -0.39 is 0 Å². The third-order valence-corrected chi connectivity index (χ3v) is 2.03. The van der Waals surface area contributed by atoms with Gasteiger partial charge in [0.2, 0.25) is 0 Å². The molecule has 0 aromatic carbocycles. The highest BCUT2D eigenvalue weighted by atomic mass is 16.3. The molecule has 6 nitrogen and oxygen atoms in total. The molecule has 0 aliphatic carbocycles. The lowest BCUT2D eigenvalue weighted by atomic mass is 10.4.